The van der Waals surface area contributed by atoms with Gasteiger partial charge >= 0.3 is 6.18 Å². The Morgan fingerprint density at radius 3 is 2.60 bits per heavy atom. The molecular formula is C21H20ClF4N3O. The first kappa shape index (κ1) is 23.6. The van der Waals surface area contributed by atoms with Crippen molar-refractivity contribution in [3.63, 3.8) is 0 Å². The van der Waals surface area contributed by atoms with Crippen LogP contribution in [0.4, 0.5) is 23.2 Å². The van der Waals surface area contributed by atoms with Crippen LogP contribution in [0.25, 0.3) is 0 Å². The van der Waals surface area contributed by atoms with Crippen LogP contribution < -0.4 is 10.2 Å². The van der Waals surface area contributed by atoms with Crippen LogP contribution in [0.2, 0.25) is 5.02 Å². The number of rotatable bonds is 9. The Kier molecular flexibility index (Phi) is 8.21. The first-order chi connectivity index (χ1) is 14.2. The smallest absolute Gasteiger partial charge is 0.362 e. The van der Waals surface area contributed by atoms with Crippen molar-refractivity contribution in [1.29, 1.82) is 5.26 Å². The summed E-state index contributed by atoms with van der Waals surface area (Å²) in [6.45, 7) is 2.45. The molecule has 2 rings (SSSR count). The maximum Gasteiger partial charge on any atom is 0.419 e. The lowest BCUT2D eigenvalue weighted by atomic mass is 10.0. The number of hydrogen-bond donors (Lipinski definition) is 1. The number of likely N-dealkylation sites (N-methyl/N-ethyl adjacent to an activating group) is 1. The molecule has 0 aromatic heterocycles. The Labute approximate surface area is 177 Å². The largest absolute Gasteiger partial charge is 0.419 e. The highest BCUT2D eigenvalue weighted by Gasteiger charge is 2.37. The molecule has 0 saturated heterocycles. The first-order valence-electron chi connectivity index (χ1n) is 9.18. The van der Waals surface area contributed by atoms with Crippen LogP contribution in [-0.2, 0) is 17.5 Å². The minimum absolute atomic E-state index is 0.0291. The number of alkyl halides is 3. The van der Waals surface area contributed by atoms with Crippen molar-refractivity contribution in [3.8, 4) is 6.07 Å². The van der Waals surface area contributed by atoms with Crippen LogP contribution in [-0.4, -0.2) is 25.4 Å². The number of carbonyl (C=O) groups excluding carboxylic acids is 1. The van der Waals surface area contributed by atoms with Crippen molar-refractivity contribution >= 4 is 23.6 Å². The van der Waals surface area contributed by atoms with Gasteiger partial charge in [-0.2, -0.15) is 18.4 Å². The van der Waals surface area contributed by atoms with E-state index in [1.54, 1.807) is 11.0 Å². The quantitative estimate of drug-likeness (QED) is 0.442. The number of nitrogens with zero attached hydrogens (tertiary/aromatic N) is 2. The highest BCUT2D eigenvalue weighted by Crippen LogP contribution is 2.36. The second kappa shape index (κ2) is 10.4. The summed E-state index contributed by atoms with van der Waals surface area (Å²) in [6, 6.07) is 9.02. The predicted molar refractivity (Wildman–Crippen MR) is 107 cm³/mol. The molecule has 0 spiro atoms. The second-order valence-electron chi connectivity index (χ2n) is 6.54. The Morgan fingerprint density at radius 1 is 1.30 bits per heavy atom. The van der Waals surface area contributed by atoms with Crippen molar-refractivity contribution in [3.05, 3.63) is 63.9 Å². The molecule has 2 aromatic rings. The van der Waals surface area contributed by atoms with Gasteiger partial charge in [-0.05, 0) is 36.4 Å². The predicted octanol–water partition coefficient (Wildman–Crippen LogP) is 4.94. The van der Waals surface area contributed by atoms with E-state index < -0.39 is 23.6 Å². The van der Waals surface area contributed by atoms with Crippen LogP contribution in [0.3, 0.4) is 0 Å². The monoisotopic (exact) mass is 441 g/mol. The molecule has 4 nitrogen and oxygen atoms in total. The number of aldehydes is 1. The summed E-state index contributed by atoms with van der Waals surface area (Å²) in [7, 11) is 0. The number of nitriles is 1. The third-order valence-corrected chi connectivity index (χ3v) is 4.88. The van der Waals surface area contributed by atoms with Gasteiger partial charge in [0, 0.05) is 31.2 Å². The molecule has 160 valence electrons. The summed E-state index contributed by atoms with van der Waals surface area (Å²) in [4.78, 5) is 12.8. The zero-order valence-corrected chi connectivity index (χ0v) is 16.9. The number of halogens is 5. The molecule has 0 saturated carbocycles. The van der Waals surface area contributed by atoms with Crippen LogP contribution in [0.1, 0.15) is 30.0 Å². The molecular weight excluding hydrogens is 422 g/mol. The lowest BCUT2D eigenvalue weighted by molar-refractivity contribution is -0.140. The van der Waals surface area contributed by atoms with Crippen molar-refractivity contribution in [2.45, 2.75) is 32.1 Å². The topological polar surface area (TPSA) is 56.1 Å². The van der Waals surface area contributed by atoms with Gasteiger partial charge in [-0.15, -0.1) is 0 Å². The van der Waals surface area contributed by atoms with E-state index in [9.17, 15) is 22.4 Å². The van der Waals surface area contributed by atoms with Gasteiger partial charge in [0.1, 0.15) is 18.2 Å². The number of carbonyl (C=O) groups is 1. The number of benzene rings is 2. The standard InChI is InChI=1S/C21H20ClF4N3O/c1-2-28-12-17(8-9-30)29(16-7-6-14(11-27)18(22)10-16)13-15-4-3-5-19(23)20(15)21(24,25)26/h3-7,9-10,17,28H,2,8,12-13H2,1H3/t17-/m0/s1. The molecule has 1 N–H and O–H groups in total. The van der Waals surface area contributed by atoms with Crippen LogP contribution in [0, 0.1) is 17.1 Å². The summed E-state index contributed by atoms with van der Waals surface area (Å²) in [5.41, 5.74) is -0.986. The third kappa shape index (κ3) is 5.71. The van der Waals surface area contributed by atoms with E-state index >= 15 is 0 Å². The summed E-state index contributed by atoms with van der Waals surface area (Å²) in [6.07, 6.45) is -4.17. The number of nitrogens with one attached hydrogen (secondary N) is 1. The first-order valence-corrected chi connectivity index (χ1v) is 9.55. The Morgan fingerprint density at radius 2 is 2.03 bits per heavy atom. The molecule has 2 aromatic carbocycles. The van der Waals surface area contributed by atoms with E-state index in [0.29, 0.717) is 25.1 Å². The molecule has 0 amide bonds. The molecule has 0 heterocycles. The van der Waals surface area contributed by atoms with E-state index in [1.807, 2.05) is 13.0 Å². The van der Waals surface area contributed by atoms with Crippen LogP contribution in [0.15, 0.2) is 36.4 Å². The summed E-state index contributed by atoms with van der Waals surface area (Å²) in [5, 5.41) is 12.3. The van der Waals surface area contributed by atoms with Crippen molar-refractivity contribution in [1.82, 2.24) is 5.32 Å². The summed E-state index contributed by atoms with van der Waals surface area (Å²) < 4.78 is 54.5. The Balaban J connectivity index is 2.57. The average molecular weight is 442 g/mol. The fourth-order valence-electron chi connectivity index (χ4n) is 3.15. The molecule has 0 radical (unpaired) electrons. The molecule has 0 aliphatic rings. The lowest BCUT2D eigenvalue weighted by Gasteiger charge is -2.34. The van der Waals surface area contributed by atoms with Gasteiger partial charge in [0.05, 0.1) is 16.1 Å². The van der Waals surface area contributed by atoms with E-state index in [2.05, 4.69) is 5.32 Å². The van der Waals surface area contributed by atoms with Gasteiger partial charge in [0.15, 0.2) is 0 Å². The highest BCUT2D eigenvalue weighted by molar-refractivity contribution is 6.32. The molecule has 0 bridgehead atoms. The third-order valence-electron chi connectivity index (χ3n) is 4.57. The average Bonchev–Trinajstić information content (AvgIpc) is 2.68. The zero-order valence-electron chi connectivity index (χ0n) is 16.1. The van der Waals surface area contributed by atoms with Crippen molar-refractivity contribution in [2.75, 3.05) is 18.0 Å². The maximum atomic E-state index is 14.0. The zero-order chi connectivity index (χ0) is 22.3. The van der Waals surface area contributed by atoms with E-state index in [0.717, 1.165) is 6.07 Å². The minimum Gasteiger partial charge on any atom is -0.362 e. The Bertz CT molecular complexity index is 927. The second-order valence-corrected chi connectivity index (χ2v) is 6.95. The van der Waals surface area contributed by atoms with Crippen LogP contribution in [0.5, 0.6) is 0 Å². The van der Waals surface area contributed by atoms with E-state index in [4.69, 9.17) is 16.9 Å². The summed E-state index contributed by atoms with van der Waals surface area (Å²) in [5.74, 6) is -1.36. The van der Waals surface area contributed by atoms with Gasteiger partial charge < -0.3 is 15.0 Å². The van der Waals surface area contributed by atoms with Crippen molar-refractivity contribution < 1.29 is 22.4 Å². The van der Waals surface area contributed by atoms with Gasteiger partial charge in [0.25, 0.3) is 0 Å². The van der Waals surface area contributed by atoms with Crippen LogP contribution >= 0.6 is 11.6 Å². The molecule has 9 heteroatoms. The summed E-state index contributed by atoms with van der Waals surface area (Å²) >= 11 is 6.12. The molecule has 30 heavy (non-hydrogen) atoms. The molecule has 0 aliphatic heterocycles. The molecule has 0 fully saturated rings. The maximum absolute atomic E-state index is 14.0. The minimum atomic E-state index is -4.88. The highest BCUT2D eigenvalue weighted by atomic mass is 35.5. The van der Waals surface area contributed by atoms with Crippen molar-refractivity contribution in [2.24, 2.45) is 0 Å². The fourth-order valence-corrected chi connectivity index (χ4v) is 3.37. The van der Waals surface area contributed by atoms with Gasteiger partial charge in [0.2, 0.25) is 0 Å². The lowest BCUT2D eigenvalue weighted by Crippen LogP contribution is -2.43. The molecule has 0 unspecified atom stereocenters. The molecule has 0 aliphatic carbocycles. The van der Waals surface area contributed by atoms with Gasteiger partial charge in [-0.25, -0.2) is 4.39 Å². The van der Waals surface area contributed by atoms with E-state index in [-0.39, 0.29) is 29.1 Å². The normalized spacial score (nSPS) is 12.3. The number of hydrogen-bond acceptors (Lipinski definition) is 4. The van der Waals surface area contributed by atoms with E-state index in [1.165, 1.54) is 24.3 Å². The Hall–Kier alpha value is -2.63. The van der Waals surface area contributed by atoms with Gasteiger partial charge in [-0.3, -0.25) is 0 Å². The molecule has 1 atom stereocenters. The SMILES string of the molecule is CCNC[C@H](CC=O)N(Cc1cccc(F)c1C(F)(F)F)c1ccc(C#N)c(Cl)c1. The van der Waals surface area contributed by atoms with Gasteiger partial charge in [-0.1, -0.05) is 30.7 Å². The fraction of sp³-hybridized carbons (Fsp3) is 0.333. The number of anilines is 1.